The molecule has 0 spiro atoms. The van der Waals surface area contributed by atoms with Gasteiger partial charge >= 0.3 is 0 Å². The van der Waals surface area contributed by atoms with E-state index in [1.165, 1.54) is 0 Å². The fourth-order valence-corrected chi connectivity index (χ4v) is 3.03. The van der Waals surface area contributed by atoms with Gasteiger partial charge in [-0.2, -0.15) is 24.9 Å². The minimum absolute atomic E-state index is 0.000000000000000444. The van der Waals surface area contributed by atoms with Gasteiger partial charge in [0.2, 0.25) is 21.8 Å². The zero-order valence-electron chi connectivity index (χ0n) is 18.6. The number of aromatic nitrogens is 6. The Morgan fingerprint density at radius 2 is 1.12 bits per heavy atom. The molecule has 6 N–H and O–H groups in total. The van der Waals surface area contributed by atoms with Crippen molar-refractivity contribution in [3.8, 4) is 0 Å². The standard InChI is InChI=1S/C12H15N5.C6H8N2.C3Cl3N3/c1-8-14-9(2)16-12(15-8)17-11-6-4-5-10(7-11)13-3;7-5-2-1-3-6(8)4-5;4-1-7-2(5)9-3(6)8-1/h4-7,13H,1-3H3,(H,14,15,16,17);1-4H,7-8H2;. The van der Waals surface area contributed by atoms with Crippen molar-refractivity contribution in [1.29, 1.82) is 0 Å². The van der Waals surface area contributed by atoms with Crippen molar-refractivity contribution in [2.45, 2.75) is 13.8 Å². The molecule has 0 radical (unpaired) electrons. The van der Waals surface area contributed by atoms with Crippen LogP contribution in [0.5, 0.6) is 0 Å². The molecule has 13 heteroatoms. The van der Waals surface area contributed by atoms with Crippen LogP contribution in [0.4, 0.5) is 28.7 Å². The molecule has 0 saturated heterocycles. The van der Waals surface area contributed by atoms with Crippen LogP contribution in [0.15, 0.2) is 48.5 Å². The number of rotatable bonds is 3. The Morgan fingerprint density at radius 3 is 1.56 bits per heavy atom. The summed E-state index contributed by atoms with van der Waals surface area (Å²) in [6, 6.07) is 15.1. The van der Waals surface area contributed by atoms with Crippen LogP contribution in [0.25, 0.3) is 0 Å². The van der Waals surface area contributed by atoms with Crippen molar-refractivity contribution in [1.82, 2.24) is 29.9 Å². The minimum atomic E-state index is 0.000000000000000444. The van der Waals surface area contributed by atoms with Gasteiger partial charge in [-0.05, 0) is 85.0 Å². The number of anilines is 5. The van der Waals surface area contributed by atoms with E-state index in [2.05, 4.69) is 40.5 Å². The zero-order valence-corrected chi connectivity index (χ0v) is 20.9. The first-order valence-corrected chi connectivity index (χ1v) is 10.9. The fourth-order valence-electron chi connectivity index (χ4n) is 2.42. The van der Waals surface area contributed by atoms with Crippen LogP contribution in [-0.4, -0.2) is 37.0 Å². The van der Waals surface area contributed by atoms with E-state index in [0.29, 0.717) is 29.0 Å². The lowest BCUT2D eigenvalue weighted by molar-refractivity contribution is 0.928. The maximum Gasteiger partial charge on any atom is 0.230 e. The van der Waals surface area contributed by atoms with Gasteiger partial charge in [0.05, 0.1) is 0 Å². The third-order valence-electron chi connectivity index (χ3n) is 3.73. The number of aryl methyl sites for hydroxylation is 2. The number of nitrogens with zero attached hydrogens (tertiary/aromatic N) is 6. The first kappa shape index (κ1) is 26.8. The summed E-state index contributed by atoms with van der Waals surface area (Å²) in [4.78, 5) is 23.0. The molecule has 4 rings (SSSR count). The molecule has 0 aliphatic carbocycles. The van der Waals surface area contributed by atoms with E-state index in [4.69, 9.17) is 46.3 Å². The van der Waals surface area contributed by atoms with Crippen LogP contribution in [0.2, 0.25) is 15.9 Å². The van der Waals surface area contributed by atoms with E-state index in [1.54, 1.807) is 18.2 Å². The van der Waals surface area contributed by atoms with Crippen molar-refractivity contribution in [3.05, 3.63) is 76.0 Å². The normalized spacial score (nSPS) is 9.71. The molecule has 0 bridgehead atoms. The largest absolute Gasteiger partial charge is 0.399 e. The average Bonchev–Trinajstić information content (AvgIpc) is 2.73. The molecule has 0 unspecified atom stereocenters. The van der Waals surface area contributed by atoms with Crippen LogP contribution >= 0.6 is 34.8 Å². The second-order valence-electron chi connectivity index (χ2n) is 6.52. The molecule has 0 aliphatic heterocycles. The molecule has 34 heavy (non-hydrogen) atoms. The summed E-state index contributed by atoms with van der Waals surface area (Å²) >= 11 is 16.0. The molecule has 2 aromatic carbocycles. The van der Waals surface area contributed by atoms with E-state index in [9.17, 15) is 0 Å². The molecule has 0 amide bonds. The Labute approximate surface area is 212 Å². The predicted octanol–water partition coefficient (Wildman–Crippen LogP) is 4.96. The maximum absolute atomic E-state index is 5.38. The molecule has 178 valence electrons. The summed E-state index contributed by atoms with van der Waals surface area (Å²) < 4.78 is 0. The molecule has 0 fully saturated rings. The van der Waals surface area contributed by atoms with Crippen molar-refractivity contribution >= 4 is 63.5 Å². The van der Waals surface area contributed by atoms with Gasteiger partial charge in [-0.15, -0.1) is 0 Å². The lowest BCUT2D eigenvalue weighted by Crippen LogP contribution is -2.03. The molecule has 2 heterocycles. The van der Waals surface area contributed by atoms with E-state index in [1.807, 2.05) is 51.2 Å². The number of nitrogens with one attached hydrogen (secondary N) is 2. The number of hydrogen-bond donors (Lipinski definition) is 4. The Bertz CT molecular complexity index is 1140. The second-order valence-corrected chi connectivity index (χ2v) is 7.54. The van der Waals surface area contributed by atoms with Crippen molar-refractivity contribution in [3.63, 3.8) is 0 Å². The van der Waals surface area contributed by atoms with Gasteiger partial charge in [0.1, 0.15) is 11.6 Å². The topological polar surface area (TPSA) is 153 Å². The minimum Gasteiger partial charge on any atom is -0.399 e. The van der Waals surface area contributed by atoms with Gasteiger partial charge in [-0.25, -0.2) is 4.98 Å². The molecule has 4 aromatic rings. The smallest absolute Gasteiger partial charge is 0.230 e. The maximum atomic E-state index is 5.38. The summed E-state index contributed by atoms with van der Waals surface area (Å²) in [7, 11) is 1.89. The van der Waals surface area contributed by atoms with E-state index in [-0.39, 0.29) is 15.9 Å². The van der Waals surface area contributed by atoms with Crippen LogP contribution < -0.4 is 22.1 Å². The Morgan fingerprint density at radius 1 is 0.647 bits per heavy atom. The summed E-state index contributed by atoms with van der Waals surface area (Å²) in [5.41, 5.74) is 14.2. The first-order chi connectivity index (χ1) is 16.1. The quantitative estimate of drug-likeness (QED) is 0.272. The first-order valence-electron chi connectivity index (χ1n) is 9.72. The molecule has 10 nitrogen and oxygen atoms in total. The number of hydrogen-bond acceptors (Lipinski definition) is 10. The van der Waals surface area contributed by atoms with Crippen LogP contribution in [0, 0.1) is 13.8 Å². The van der Waals surface area contributed by atoms with Crippen LogP contribution in [0.3, 0.4) is 0 Å². The third-order valence-corrected chi connectivity index (χ3v) is 4.24. The highest BCUT2D eigenvalue weighted by Gasteiger charge is 2.01. The van der Waals surface area contributed by atoms with Gasteiger partial charge in [0.15, 0.2) is 0 Å². The second kappa shape index (κ2) is 13.3. The van der Waals surface area contributed by atoms with Crippen molar-refractivity contribution in [2.75, 3.05) is 29.1 Å². The highest BCUT2D eigenvalue weighted by molar-refractivity contribution is 6.33. The summed E-state index contributed by atoms with van der Waals surface area (Å²) in [6.07, 6.45) is 0. The molecular formula is C21H23Cl3N10. The Balaban J connectivity index is 0.000000201. The number of nitrogen functional groups attached to an aromatic ring is 2. The highest BCUT2D eigenvalue weighted by Crippen LogP contribution is 2.17. The van der Waals surface area contributed by atoms with Gasteiger partial charge in [-0.1, -0.05) is 12.1 Å². The van der Waals surface area contributed by atoms with E-state index in [0.717, 1.165) is 11.4 Å². The Hall–Kier alpha value is -3.47. The molecule has 0 atom stereocenters. The average molecular weight is 522 g/mol. The molecule has 2 aromatic heterocycles. The number of nitrogens with two attached hydrogens (primary N) is 2. The summed E-state index contributed by atoms with van der Waals surface area (Å²) in [6.45, 7) is 3.70. The summed E-state index contributed by atoms with van der Waals surface area (Å²) in [5.74, 6) is 2.00. The SMILES string of the molecule is CNc1cccc(Nc2nc(C)nc(C)n2)c1.Clc1nc(Cl)nc(Cl)n1.Nc1cccc(N)c1. The molecular weight excluding hydrogens is 499 g/mol. The van der Waals surface area contributed by atoms with Gasteiger partial charge in [0, 0.05) is 29.8 Å². The third kappa shape index (κ3) is 9.99. The number of benzene rings is 2. The lowest BCUT2D eigenvalue weighted by Gasteiger charge is -2.07. The van der Waals surface area contributed by atoms with Crippen LogP contribution in [0.1, 0.15) is 11.6 Å². The van der Waals surface area contributed by atoms with Gasteiger partial charge in [0.25, 0.3) is 0 Å². The summed E-state index contributed by atoms with van der Waals surface area (Å²) in [5, 5.41) is 6.24. The van der Waals surface area contributed by atoms with Gasteiger partial charge < -0.3 is 22.1 Å². The molecule has 0 aliphatic rings. The molecule has 0 saturated carbocycles. The highest BCUT2D eigenvalue weighted by atomic mass is 35.5. The van der Waals surface area contributed by atoms with Gasteiger partial charge in [-0.3, -0.25) is 0 Å². The monoisotopic (exact) mass is 520 g/mol. The fraction of sp³-hybridized carbons (Fsp3) is 0.143. The number of halogens is 3. The predicted molar refractivity (Wildman–Crippen MR) is 139 cm³/mol. The van der Waals surface area contributed by atoms with E-state index < -0.39 is 0 Å². The van der Waals surface area contributed by atoms with Crippen molar-refractivity contribution < 1.29 is 0 Å². The Kier molecular flexibility index (Phi) is 10.5. The van der Waals surface area contributed by atoms with Crippen LogP contribution in [-0.2, 0) is 0 Å². The van der Waals surface area contributed by atoms with Crippen molar-refractivity contribution in [2.24, 2.45) is 0 Å². The lowest BCUT2D eigenvalue weighted by atomic mass is 10.3. The zero-order chi connectivity index (χ0) is 25.1. The van der Waals surface area contributed by atoms with E-state index >= 15 is 0 Å².